The molecule has 0 radical (unpaired) electrons. The minimum absolute atomic E-state index is 0.0605. The van der Waals surface area contributed by atoms with E-state index in [2.05, 4.69) is 33.1 Å². The number of amides is 1. The van der Waals surface area contributed by atoms with Crippen molar-refractivity contribution in [3.63, 3.8) is 0 Å². The molecule has 0 aromatic heterocycles. The molecule has 28 heavy (non-hydrogen) atoms. The first-order valence-electron chi connectivity index (χ1n) is 9.38. The zero-order valence-corrected chi connectivity index (χ0v) is 16.0. The number of benzene rings is 2. The third-order valence-electron chi connectivity index (χ3n) is 4.36. The van der Waals surface area contributed by atoms with Crippen LogP contribution >= 0.6 is 0 Å². The molecular formula is C21H26N4O3. The molecule has 0 aliphatic carbocycles. The molecule has 0 atom stereocenters. The molecule has 0 unspecified atom stereocenters. The van der Waals surface area contributed by atoms with Crippen LogP contribution in [0.3, 0.4) is 0 Å². The second kappa shape index (κ2) is 10.2. The number of guanidine groups is 1. The summed E-state index contributed by atoms with van der Waals surface area (Å²) in [6, 6.07) is 16.0. The number of fused-ring (bicyclic) bond motifs is 1. The van der Waals surface area contributed by atoms with Crippen LogP contribution in [-0.4, -0.2) is 45.3 Å². The number of hydrogen-bond donors (Lipinski definition) is 3. The number of nitrogens with one attached hydrogen (secondary N) is 3. The van der Waals surface area contributed by atoms with Gasteiger partial charge < -0.3 is 25.4 Å². The lowest BCUT2D eigenvalue weighted by Gasteiger charge is -2.12. The number of carbonyl (C=O) groups excluding carboxylic acids is 1. The van der Waals surface area contributed by atoms with E-state index in [1.54, 1.807) is 7.05 Å². The van der Waals surface area contributed by atoms with Gasteiger partial charge in [0, 0.05) is 20.1 Å². The van der Waals surface area contributed by atoms with E-state index in [1.807, 2.05) is 36.4 Å². The molecule has 0 fully saturated rings. The van der Waals surface area contributed by atoms with Gasteiger partial charge in [0.2, 0.25) is 12.7 Å². The number of hydrogen-bond acceptors (Lipinski definition) is 4. The topological polar surface area (TPSA) is 84.0 Å². The molecule has 2 aromatic carbocycles. The van der Waals surface area contributed by atoms with Gasteiger partial charge in [-0.3, -0.25) is 9.79 Å². The average molecular weight is 382 g/mol. The van der Waals surface area contributed by atoms with Crippen LogP contribution in [-0.2, 0) is 17.6 Å². The Balaban J connectivity index is 1.32. The van der Waals surface area contributed by atoms with Crippen molar-refractivity contribution in [2.75, 3.05) is 33.5 Å². The summed E-state index contributed by atoms with van der Waals surface area (Å²) in [4.78, 5) is 16.1. The fourth-order valence-corrected chi connectivity index (χ4v) is 2.86. The van der Waals surface area contributed by atoms with Crippen molar-refractivity contribution in [3.05, 3.63) is 59.7 Å². The van der Waals surface area contributed by atoms with Crippen molar-refractivity contribution in [1.29, 1.82) is 0 Å². The summed E-state index contributed by atoms with van der Waals surface area (Å²) >= 11 is 0. The largest absolute Gasteiger partial charge is 0.454 e. The van der Waals surface area contributed by atoms with Gasteiger partial charge in [0.25, 0.3) is 0 Å². The molecule has 0 saturated heterocycles. The lowest BCUT2D eigenvalue weighted by molar-refractivity contribution is -0.119. The maximum atomic E-state index is 12.0. The summed E-state index contributed by atoms with van der Waals surface area (Å²) in [6.07, 6.45) is 1.62. The van der Waals surface area contributed by atoms with Crippen LogP contribution in [0.5, 0.6) is 11.5 Å². The lowest BCUT2D eigenvalue weighted by Crippen LogP contribution is -2.44. The number of nitrogens with zero attached hydrogens (tertiary/aromatic N) is 1. The quantitative estimate of drug-likeness (QED) is 0.476. The maximum absolute atomic E-state index is 12.0. The summed E-state index contributed by atoms with van der Waals surface area (Å²) in [6.45, 7) is 1.76. The third kappa shape index (κ3) is 5.90. The monoisotopic (exact) mass is 382 g/mol. The van der Waals surface area contributed by atoms with Crippen LogP contribution in [0.4, 0.5) is 0 Å². The molecule has 3 rings (SSSR count). The Morgan fingerprint density at radius 2 is 1.68 bits per heavy atom. The Labute approximate surface area is 165 Å². The number of aliphatic imine (C=N–C) groups is 1. The first-order valence-corrected chi connectivity index (χ1v) is 9.38. The molecule has 7 nitrogen and oxygen atoms in total. The molecule has 0 saturated carbocycles. The Hall–Kier alpha value is -3.22. The summed E-state index contributed by atoms with van der Waals surface area (Å²) in [7, 11) is 1.68. The Morgan fingerprint density at radius 1 is 0.929 bits per heavy atom. The van der Waals surface area contributed by atoms with Crippen LogP contribution in [0, 0.1) is 0 Å². The van der Waals surface area contributed by atoms with E-state index in [4.69, 9.17) is 9.47 Å². The van der Waals surface area contributed by atoms with E-state index in [0.29, 0.717) is 19.0 Å². The van der Waals surface area contributed by atoms with E-state index < -0.39 is 0 Å². The first kappa shape index (κ1) is 19.5. The smallest absolute Gasteiger partial charge is 0.239 e. The fraction of sp³-hybridized carbons (Fsp3) is 0.333. The maximum Gasteiger partial charge on any atom is 0.239 e. The second-order valence-corrected chi connectivity index (χ2v) is 6.38. The van der Waals surface area contributed by atoms with Gasteiger partial charge in [-0.15, -0.1) is 0 Å². The molecule has 1 aliphatic heterocycles. The Bertz CT molecular complexity index is 809. The molecule has 1 heterocycles. The summed E-state index contributed by atoms with van der Waals surface area (Å²) in [5, 5.41) is 9.14. The van der Waals surface area contributed by atoms with Gasteiger partial charge in [0.15, 0.2) is 17.5 Å². The van der Waals surface area contributed by atoms with Gasteiger partial charge in [-0.05, 0) is 36.1 Å². The van der Waals surface area contributed by atoms with Gasteiger partial charge in [0.05, 0.1) is 6.54 Å². The van der Waals surface area contributed by atoms with E-state index in [0.717, 1.165) is 29.9 Å². The van der Waals surface area contributed by atoms with E-state index >= 15 is 0 Å². The molecular weight excluding hydrogens is 356 g/mol. The molecule has 1 amide bonds. The van der Waals surface area contributed by atoms with Crippen LogP contribution < -0.4 is 25.4 Å². The molecule has 0 spiro atoms. The van der Waals surface area contributed by atoms with Gasteiger partial charge in [-0.2, -0.15) is 0 Å². The Morgan fingerprint density at radius 3 is 2.50 bits per heavy atom. The number of rotatable bonds is 8. The number of carbonyl (C=O) groups is 1. The zero-order valence-electron chi connectivity index (χ0n) is 16.0. The van der Waals surface area contributed by atoms with Crippen LogP contribution in [0.2, 0.25) is 0 Å². The van der Waals surface area contributed by atoms with E-state index in [9.17, 15) is 4.79 Å². The van der Waals surface area contributed by atoms with Crippen molar-refractivity contribution < 1.29 is 14.3 Å². The fourth-order valence-electron chi connectivity index (χ4n) is 2.86. The van der Waals surface area contributed by atoms with Gasteiger partial charge in [-0.25, -0.2) is 0 Å². The van der Waals surface area contributed by atoms with Gasteiger partial charge in [0.1, 0.15) is 0 Å². The minimum atomic E-state index is -0.0605. The van der Waals surface area contributed by atoms with Gasteiger partial charge >= 0.3 is 0 Å². The highest BCUT2D eigenvalue weighted by atomic mass is 16.7. The van der Waals surface area contributed by atoms with Crippen molar-refractivity contribution in [1.82, 2.24) is 16.0 Å². The summed E-state index contributed by atoms with van der Waals surface area (Å²) in [5.41, 5.74) is 2.35. The summed E-state index contributed by atoms with van der Waals surface area (Å²) in [5.74, 6) is 2.10. The minimum Gasteiger partial charge on any atom is -0.454 e. The van der Waals surface area contributed by atoms with Crippen molar-refractivity contribution in [3.8, 4) is 11.5 Å². The lowest BCUT2D eigenvalue weighted by atomic mass is 10.1. The van der Waals surface area contributed by atoms with E-state index in [1.165, 1.54) is 5.56 Å². The summed E-state index contributed by atoms with van der Waals surface area (Å²) < 4.78 is 10.7. The molecule has 2 aromatic rings. The van der Waals surface area contributed by atoms with E-state index in [-0.39, 0.29) is 19.2 Å². The zero-order chi connectivity index (χ0) is 19.6. The molecule has 7 heteroatoms. The SMILES string of the molecule is CN=C(NCCc1ccc2c(c1)OCO2)NCC(=O)NCCc1ccccc1. The standard InChI is InChI=1S/C21H26N4O3/c1-22-21(24-12-10-17-7-8-18-19(13-17)28-15-27-18)25-14-20(26)23-11-9-16-5-3-2-4-6-16/h2-8,13H,9-12,14-15H2,1H3,(H,23,26)(H2,22,24,25). The predicted molar refractivity (Wildman–Crippen MR) is 109 cm³/mol. The van der Waals surface area contributed by atoms with Crippen LogP contribution in [0.1, 0.15) is 11.1 Å². The normalized spacial score (nSPS) is 12.5. The highest BCUT2D eigenvalue weighted by Gasteiger charge is 2.13. The van der Waals surface area contributed by atoms with Crippen LogP contribution in [0.15, 0.2) is 53.5 Å². The second-order valence-electron chi connectivity index (χ2n) is 6.38. The Kier molecular flexibility index (Phi) is 7.12. The third-order valence-corrected chi connectivity index (χ3v) is 4.36. The highest BCUT2D eigenvalue weighted by molar-refractivity contribution is 5.86. The van der Waals surface area contributed by atoms with Crippen molar-refractivity contribution in [2.45, 2.75) is 12.8 Å². The molecule has 0 bridgehead atoms. The number of ether oxygens (including phenoxy) is 2. The van der Waals surface area contributed by atoms with Crippen LogP contribution in [0.25, 0.3) is 0 Å². The highest BCUT2D eigenvalue weighted by Crippen LogP contribution is 2.32. The molecule has 1 aliphatic rings. The first-order chi connectivity index (χ1) is 13.7. The van der Waals surface area contributed by atoms with Gasteiger partial charge in [-0.1, -0.05) is 36.4 Å². The molecule has 3 N–H and O–H groups in total. The van der Waals surface area contributed by atoms with Crippen molar-refractivity contribution >= 4 is 11.9 Å². The predicted octanol–water partition coefficient (Wildman–Crippen LogP) is 1.48. The average Bonchev–Trinajstić information content (AvgIpc) is 3.19. The van der Waals surface area contributed by atoms with Crippen molar-refractivity contribution in [2.24, 2.45) is 4.99 Å². The molecule has 148 valence electrons.